The van der Waals surface area contributed by atoms with E-state index in [0.29, 0.717) is 11.8 Å². The molecule has 0 bridgehead atoms. The van der Waals surface area contributed by atoms with Crippen LogP contribution in [0.2, 0.25) is 5.02 Å². The first-order valence-electron chi connectivity index (χ1n) is 8.38. The Balaban J connectivity index is 1.74. The van der Waals surface area contributed by atoms with Crippen molar-refractivity contribution in [1.29, 1.82) is 0 Å². The van der Waals surface area contributed by atoms with Crippen LogP contribution < -0.4 is 0 Å². The summed E-state index contributed by atoms with van der Waals surface area (Å²) in [6.45, 7) is 0. The highest BCUT2D eigenvalue weighted by molar-refractivity contribution is 6.30. The van der Waals surface area contributed by atoms with Gasteiger partial charge >= 0.3 is 0 Å². The number of hydrogen-bond acceptors (Lipinski definition) is 0. The fourth-order valence-electron chi connectivity index (χ4n) is 3.67. The van der Waals surface area contributed by atoms with E-state index in [-0.39, 0.29) is 0 Å². The zero-order valence-corrected chi connectivity index (χ0v) is 14.2. The molecule has 0 nitrogen and oxygen atoms in total. The van der Waals surface area contributed by atoms with Gasteiger partial charge in [0.1, 0.15) is 0 Å². The Labute approximate surface area is 148 Å². The van der Waals surface area contributed by atoms with Crippen LogP contribution in [0.3, 0.4) is 0 Å². The van der Waals surface area contributed by atoms with Crippen LogP contribution in [0.25, 0.3) is 5.57 Å². The van der Waals surface area contributed by atoms with Crippen molar-refractivity contribution in [3.63, 3.8) is 0 Å². The van der Waals surface area contributed by atoms with Crippen molar-refractivity contribution >= 4 is 17.2 Å². The predicted octanol–water partition coefficient (Wildman–Crippen LogP) is 6.69. The van der Waals surface area contributed by atoms with E-state index in [0.717, 1.165) is 11.4 Å². The molecule has 0 aromatic heterocycles. The first-order chi connectivity index (χ1) is 11.8. The maximum absolute atomic E-state index is 6.08. The van der Waals surface area contributed by atoms with Gasteiger partial charge in [-0.05, 0) is 46.7 Å². The second kappa shape index (κ2) is 6.67. The number of hydrogen-bond donors (Lipinski definition) is 0. The first-order valence-corrected chi connectivity index (χ1v) is 8.75. The van der Waals surface area contributed by atoms with E-state index in [2.05, 4.69) is 78.9 Å². The van der Waals surface area contributed by atoms with Gasteiger partial charge in [0, 0.05) is 10.9 Å². The summed E-state index contributed by atoms with van der Waals surface area (Å²) < 4.78 is 0. The van der Waals surface area contributed by atoms with Crippen LogP contribution in [0.1, 0.15) is 34.9 Å². The Bertz CT molecular complexity index is 832. The average molecular weight is 331 g/mol. The normalized spacial score (nSPS) is 20.0. The fourth-order valence-corrected chi connectivity index (χ4v) is 3.80. The maximum Gasteiger partial charge on any atom is 0.0406 e. The standard InChI is InChI=1S/C23H19Cl/c24-21-13-11-19(12-14-21)23-16-20(17-7-3-1-4-8-17)15-22(23)18-9-5-2-6-10-18/h1-15,22-23H,16H2. The van der Waals surface area contributed by atoms with Crippen LogP contribution in [0.15, 0.2) is 91.0 Å². The Morgan fingerprint density at radius 3 is 1.96 bits per heavy atom. The summed E-state index contributed by atoms with van der Waals surface area (Å²) in [5.41, 5.74) is 5.50. The molecule has 0 spiro atoms. The molecular formula is C23H19Cl. The van der Waals surface area contributed by atoms with Gasteiger partial charge in [0.25, 0.3) is 0 Å². The summed E-state index contributed by atoms with van der Waals surface area (Å²) >= 11 is 6.08. The molecular weight excluding hydrogens is 312 g/mol. The minimum Gasteiger partial charge on any atom is -0.0843 e. The van der Waals surface area contributed by atoms with E-state index < -0.39 is 0 Å². The average Bonchev–Trinajstić information content (AvgIpc) is 3.09. The molecule has 2 unspecified atom stereocenters. The molecule has 0 aliphatic heterocycles. The molecule has 3 aromatic carbocycles. The molecule has 118 valence electrons. The van der Waals surface area contributed by atoms with Gasteiger partial charge in [-0.15, -0.1) is 0 Å². The van der Waals surface area contributed by atoms with E-state index in [9.17, 15) is 0 Å². The summed E-state index contributed by atoms with van der Waals surface area (Å²) in [5, 5.41) is 0.796. The van der Waals surface area contributed by atoms with E-state index in [1.807, 2.05) is 12.1 Å². The molecule has 0 saturated carbocycles. The Morgan fingerprint density at radius 1 is 0.667 bits per heavy atom. The van der Waals surface area contributed by atoms with E-state index in [4.69, 9.17) is 11.6 Å². The summed E-state index contributed by atoms with van der Waals surface area (Å²) in [5.74, 6) is 0.863. The highest BCUT2D eigenvalue weighted by Gasteiger charge is 2.30. The molecule has 0 heterocycles. The van der Waals surface area contributed by atoms with E-state index in [1.54, 1.807) is 0 Å². The molecule has 24 heavy (non-hydrogen) atoms. The summed E-state index contributed by atoms with van der Waals surface area (Å²) in [6.07, 6.45) is 3.51. The summed E-state index contributed by atoms with van der Waals surface area (Å²) in [4.78, 5) is 0. The Morgan fingerprint density at radius 2 is 1.29 bits per heavy atom. The third-order valence-electron chi connectivity index (χ3n) is 4.88. The van der Waals surface area contributed by atoms with E-state index >= 15 is 0 Å². The smallest absolute Gasteiger partial charge is 0.0406 e. The molecule has 0 fully saturated rings. The number of benzene rings is 3. The third kappa shape index (κ3) is 3.02. The van der Waals surface area contributed by atoms with Gasteiger partial charge in [0.15, 0.2) is 0 Å². The van der Waals surface area contributed by atoms with Crippen molar-refractivity contribution in [2.24, 2.45) is 0 Å². The van der Waals surface area contributed by atoms with E-state index in [1.165, 1.54) is 22.3 Å². The van der Waals surface area contributed by atoms with Crippen molar-refractivity contribution in [3.05, 3.63) is 113 Å². The highest BCUT2D eigenvalue weighted by atomic mass is 35.5. The van der Waals surface area contributed by atoms with Crippen molar-refractivity contribution in [2.45, 2.75) is 18.3 Å². The fraction of sp³-hybridized carbons (Fsp3) is 0.130. The van der Waals surface area contributed by atoms with Crippen LogP contribution in [0, 0.1) is 0 Å². The molecule has 0 saturated heterocycles. The molecule has 3 aromatic rings. The molecule has 1 heteroatoms. The molecule has 0 radical (unpaired) electrons. The molecule has 2 atom stereocenters. The SMILES string of the molecule is Clc1ccc(C2CC(c3ccccc3)=CC2c2ccccc2)cc1. The summed E-state index contributed by atoms with van der Waals surface area (Å²) in [6, 6.07) is 29.9. The topological polar surface area (TPSA) is 0 Å². The number of allylic oxidation sites excluding steroid dienone is 2. The van der Waals surface area contributed by atoms with Gasteiger partial charge in [0.2, 0.25) is 0 Å². The van der Waals surface area contributed by atoms with Gasteiger partial charge in [-0.25, -0.2) is 0 Å². The van der Waals surface area contributed by atoms with Crippen molar-refractivity contribution < 1.29 is 0 Å². The minimum atomic E-state index is 0.405. The highest BCUT2D eigenvalue weighted by Crippen LogP contribution is 2.47. The lowest BCUT2D eigenvalue weighted by atomic mass is 9.83. The lowest BCUT2D eigenvalue weighted by Gasteiger charge is -2.20. The van der Waals surface area contributed by atoms with Crippen LogP contribution >= 0.6 is 11.6 Å². The quantitative estimate of drug-likeness (QED) is 0.501. The lowest BCUT2D eigenvalue weighted by Crippen LogP contribution is -2.05. The molecule has 0 N–H and O–H groups in total. The maximum atomic E-state index is 6.08. The third-order valence-corrected chi connectivity index (χ3v) is 5.13. The minimum absolute atomic E-state index is 0.405. The monoisotopic (exact) mass is 330 g/mol. The van der Waals surface area contributed by atoms with Crippen LogP contribution in [0.4, 0.5) is 0 Å². The second-order valence-corrected chi connectivity index (χ2v) is 6.79. The lowest BCUT2D eigenvalue weighted by molar-refractivity contribution is 0.668. The number of halogens is 1. The van der Waals surface area contributed by atoms with Gasteiger partial charge in [0.05, 0.1) is 0 Å². The largest absolute Gasteiger partial charge is 0.0843 e. The first kappa shape index (κ1) is 15.2. The Kier molecular flexibility index (Phi) is 4.23. The predicted molar refractivity (Wildman–Crippen MR) is 102 cm³/mol. The van der Waals surface area contributed by atoms with Gasteiger partial charge in [-0.3, -0.25) is 0 Å². The molecule has 0 amide bonds. The number of rotatable bonds is 3. The van der Waals surface area contributed by atoms with Crippen LogP contribution in [-0.2, 0) is 0 Å². The van der Waals surface area contributed by atoms with Gasteiger partial charge in [-0.2, -0.15) is 0 Å². The van der Waals surface area contributed by atoms with Crippen molar-refractivity contribution in [2.75, 3.05) is 0 Å². The molecule has 4 rings (SSSR count). The van der Waals surface area contributed by atoms with Crippen LogP contribution in [-0.4, -0.2) is 0 Å². The summed E-state index contributed by atoms with van der Waals surface area (Å²) in [7, 11) is 0. The van der Waals surface area contributed by atoms with Crippen molar-refractivity contribution in [3.8, 4) is 0 Å². The zero-order valence-electron chi connectivity index (χ0n) is 13.4. The molecule has 1 aliphatic rings. The second-order valence-electron chi connectivity index (χ2n) is 6.36. The van der Waals surface area contributed by atoms with Crippen molar-refractivity contribution in [1.82, 2.24) is 0 Å². The van der Waals surface area contributed by atoms with Gasteiger partial charge < -0.3 is 0 Å². The van der Waals surface area contributed by atoms with Crippen LogP contribution in [0.5, 0.6) is 0 Å². The Hall–Kier alpha value is -2.31. The van der Waals surface area contributed by atoms with Gasteiger partial charge in [-0.1, -0.05) is 90.5 Å². The zero-order chi connectivity index (χ0) is 16.4. The molecule has 1 aliphatic carbocycles.